The van der Waals surface area contributed by atoms with Crippen LogP contribution in [0.15, 0.2) is 83.6 Å². The standard InChI is InChI=1S/C25H18N2O3S/c28-24-21-7-2-1-4-16(21)14-30-23-13-20(8-9-22(23)24)26-18-5-3-6-19(12-18)27-25(29)17-10-11-31-15-17/h1-13,15,26H,14H2,(H,27,29). The summed E-state index contributed by atoms with van der Waals surface area (Å²) in [5.41, 5.74) is 5.04. The molecular formula is C25H18N2O3S. The van der Waals surface area contributed by atoms with E-state index in [0.29, 0.717) is 34.7 Å². The van der Waals surface area contributed by atoms with Crippen molar-refractivity contribution in [3.05, 3.63) is 106 Å². The number of ether oxygens (including phenoxy) is 1. The molecule has 5 nitrogen and oxygen atoms in total. The maximum atomic E-state index is 12.9. The first-order valence-corrected chi connectivity index (χ1v) is 10.7. The lowest BCUT2D eigenvalue weighted by molar-refractivity contribution is 0.102. The molecule has 0 atom stereocenters. The zero-order valence-electron chi connectivity index (χ0n) is 16.4. The van der Waals surface area contributed by atoms with Crippen LogP contribution < -0.4 is 15.4 Å². The lowest BCUT2D eigenvalue weighted by Gasteiger charge is -2.12. The third kappa shape index (κ3) is 3.93. The van der Waals surface area contributed by atoms with Crippen molar-refractivity contribution in [2.24, 2.45) is 0 Å². The van der Waals surface area contributed by atoms with E-state index in [2.05, 4.69) is 10.6 Å². The summed E-state index contributed by atoms with van der Waals surface area (Å²) in [6.07, 6.45) is 0. The van der Waals surface area contributed by atoms with Crippen molar-refractivity contribution in [2.75, 3.05) is 10.6 Å². The Balaban J connectivity index is 1.36. The van der Waals surface area contributed by atoms with Crippen molar-refractivity contribution in [1.82, 2.24) is 0 Å². The van der Waals surface area contributed by atoms with Crippen molar-refractivity contribution in [3.63, 3.8) is 0 Å². The van der Waals surface area contributed by atoms with Crippen molar-refractivity contribution in [1.29, 1.82) is 0 Å². The number of carbonyl (C=O) groups excluding carboxylic acids is 2. The first-order valence-electron chi connectivity index (χ1n) is 9.77. The van der Waals surface area contributed by atoms with E-state index in [1.165, 1.54) is 11.3 Å². The van der Waals surface area contributed by atoms with Gasteiger partial charge < -0.3 is 15.4 Å². The monoisotopic (exact) mass is 426 g/mol. The Kier molecular flexibility index (Phi) is 4.98. The van der Waals surface area contributed by atoms with Crippen LogP contribution in [0.3, 0.4) is 0 Å². The normalized spacial score (nSPS) is 12.2. The number of thiophene rings is 1. The Labute approximate surface area is 183 Å². The van der Waals surface area contributed by atoms with Gasteiger partial charge in [-0.05, 0) is 41.8 Å². The van der Waals surface area contributed by atoms with Gasteiger partial charge in [0.1, 0.15) is 12.4 Å². The van der Waals surface area contributed by atoms with Gasteiger partial charge >= 0.3 is 0 Å². The van der Waals surface area contributed by atoms with Gasteiger partial charge in [0.05, 0.1) is 11.1 Å². The number of ketones is 1. The van der Waals surface area contributed by atoms with E-state index in [4.69, 9.17) is 4.74 Å². The number of anilines is 3. The van der Waals surface area contributed by atoms with Crippen LogP contribution in [-0.4, -0.2) is 11.7 Å². The molecule has 1 aromatic heterocycles. The minimum Gasteiger partial charge on any atom is -0.488 e. The van der Waals surface area contributed by atoms with Gasteiger partial charge in [-0.15, -0.1) is 0 Å². The Morgan fingerprint density at radius 3 is 2.58 bits per heavy atom. The van der Waals surface area contributed by atoms with Gasteiger partial charge in [-0.1, -0.05) is 30.3 Å². The fourth-order valence-electron chi connectivity index (χ4n) is 3.51. The third-order valence-corrected chi connectivity index (χ3v) is 5.75. The molecule has 0 spiro atoms. The minimum atomic E-state index is -0.144. The highest BCUT2D eigenvalue weighted by Gasteiger charge is 2.22. The minimum absolute atomic E-state index is 0.0345. The molecule has 2 heterocycles. The molecule has 0 unspecified atom stereocenters. The van der Waals surface area contributed by atoms with E-state index in [1.54, 1.807) is 12.1 Å². The highest BCUT2D eigenvalue weighted by molar-refractivity contribution is 7.08. The molecule has 2 N–H and O–H groups in total. The molecule has 5 rings (SSSR count). The summed E-state index contributed by atoms with van der Waals surface area (Å²) < 4.78 is 5.92. The molecule has 0 saturated carbocycles. The van der Waals surface area contributed by atoms with Gasteiger partial charge in [-0.25, -0.2) is 0 Å². The van der Waals surface area contributed by atoms with E-state index in [-0.39, 0.29) is 11.7 Å². The van der Waals surface area contributed by atoms with Crippen molar-refractivity contribution in [3.8, 4) is 5.75 Å². The highest BCUT2D eigenvalue weighted by Crippen LogP contribution is 2.32. The number of hydrogen-bond donors (Lipinski definition) is 2. The van der Waals surface area contributed by atoms with Gasteiger partial charge in [0.2, 0.25) is 0 Å². The van der Waals surface area contributed by atoms with E-state index in [1.807, 2.05) is 71.4 Å². The predicted molar refractivity (Wildman–Crippen MR) is 123 cm³/mol. The maximum absolute atomic E-state index is 12.9. The summed E-state index contributed by atoms with van der Waals surface area (Å²) in [4.78, 5) is 25.2. The van der Waals surface area contributed by atoms with E-state index in [0.717, 1.165) is 16.9 Å². The average Bonchev–Trinajstić information content (AvgIpc) is 3.29. The predicted octanol–water partition coefficient (Wildman–Crippen LogP) is 5.87. The van der Waals surface area contributed by atoms with Gasteiger partial charge in [-0.3, -0.25) is 9.59 Å². The molecule has 1 aliphatic heterocycles. The van der Waals surface area contributed by atoms with Crippen LogP contribution >= 0.6 is 11.3 Å². The fourth-order valence-corrected chi connectivity index (χ4v) is 4.15. The van der Waals surface area contributed by atoms with Crippen LogP contribution in [0.4, 0.5) is 17.1 Å². The molecule has 0 saturated heterocycles. The van der Waals surface area contributed by atoms with Crippen molar-refractivity contribution >= 4 is 40.1 Å². The summed E-state index contributed by atoms with van der Waals surface area (Å²) in [5, 5.41) is 9.91. The average molecular weight is 426 g/mol. The summed E-state index contributed by atoms with van der Waals surface area (Å²) in [6.45, 7) is 0.350. The number of amides is 1. The molecule has 1 amide bonds. The lowest BCUT2D eigenvalue weighted by Crippen LogP contribution is -2.10. The first-order chi connectivity index (χ1) is 15.2. The molecule has 4 aromatic rings. The van der Waals surface area contributed by atoms with E-state index >= 15 is 0 Å². The number of hydrogen-bond acceptors (Lipinski definition) is 5. The molecule has 0 aliphatic carbocycles. The lowest BCUT2D eigenvalue weighted by atomic mass is 9.99. The molecule has 0 fully saturated rings. The van der Waals surface area contributed by atoms with Crippen LogP contribution in [0.5, 0.6) is 5.75 Å². The number of nitrogens with one attached hydrogen (secondary N) is 2. The van der Waals surface area contributed by atoms with Gasteiger partial charge in [0, 0.05) is 39.6 Å². The third-order valence-electron chi connectivity index (χ3n) is 5.06. The summed E-state index contributed by atoms with van der Waals surface area (Å²) in [5.74, 6) is 0.371. The number of fused-ring (bicyclic) bond motifs is 2. The number of carbonyl (C=O) groups is 2. The second-order valence-electron chi connectivity index (χ2n) is 7.16. The number of rotatable bonds is 4. The maximum Gasteiger partial charge on any atom is 0.256 e. The van der Waals surface area contributed by atoms with Crippen molar-refractivity contribution in [2.45, 2.75) is 6.61 Å². The van der Waals surface area contributed by atoms with Crippen molar-refractivity contribution < 1.29 is 14.3 Å². The summed E-state index contributed by atoms with van der Waals surface area (Å²) in [7, 11) is 0. The van der Waals surface area contributed by atoms with Gasteiger partial charge in [0.15, 0.2) is 5.78 Å². The number of benzene rings is 3. The van der Waals surface area contributed by atoms with Gasteiger partial charge in [0.25, 0.3) is 5.91 Å². The topological polar surface area (TPSA) is 67.4 Å². The second-order valence-corrected chi connectivity index (χ2v) is 7.94. The van der Waals surface area contributed by atoms with E-state index in [9.17, 15) is 9.59 Å². The molecule has 31 heavy (non-hydrogen) atoms. The quantitative estimate of drug-likeness (QED) is 0.428. The van der Waals surface area contributed by atoms with Crippen LogP contribution in [0.2, 0.25) is 0 Å². The Morgan fingerprint density at radius 2 is 1.71 bits per heavy atom. The van der Waals surface area contributed by atoms with Gasteiger partial charge in [-0.2, -0.15) is 11.3 Å². The van der Waals surface area contributed by atoms with Crippen LogP contribution in [0.25, 0.3) is 0 Å². The van der Waals surface area contributed by atoms with Crippen LogP contribution in [0, 0.1) is 0 Å². The molecule has 6 heteroatoms. The highest BCUT2D eigenvalue weighted by atomic mass is 32.1. The SMILES string of the molecule is O=C(Nc1cccc(Nc2ccc3c(c2)OCc2ccccc2C3=O)c1)c1ccsc1. The summed E-state index contributed by atoms with van der Waals surface area (Å²) >= 11 is 1.48. The fraction of sp³-hybridized carbons (Fsp3) is 0.0400. The first kappa shape index (κ1) is 19.1. The zero-order chi connectivity index (χ0) is 21.2. The Morgan fingerprint density at radius 1 is 0.871 bits per heavy atom. The molecule has 0 radical (unpaired) electrons. The molecule has 0 bridgehead atoms. The Hall–Kier alpha value is -3.90. The molecule has 1 aliphatic rings. The molecular weight excluding hydrogens is 408 g/mol. The van der Waals surface area contributed by atoms with Crippen LogP contribution in [0.1, 0.15) is 31.8 Å². The zero-order valence-corrected chi connectivity index (χ0v) is 17.2. The molecule has 3 aromatic carbocycles. The molecule has 152 valence electrons. The Bertz CT molecular complexity index is 1280. The van der Waals surface area contributed by atoms with Crippen LogP contribution in [-0.2, 0) is 6.61 Å². The van der Waals surface area contributed by atoms with E-state index < -0.39 is 0 Å². The summed E-state index contributed by atoms with van der Waals surface area (Å²) in [6, 6.07) is 22.2. The smallest absolute Gasteiger partial charge is 0.256 e. The largest absolute Gasteiger partial charge is 0.488 e. The second kappa shape index (κ2) is 8.08.